The summed E-state index contributed by atoms with van der Waals surface area (Å²) in [6.45, 7) is 19.2. The van der Waals surface area contributed by atoms with Gasteiger partial charge in [-0.15, -0.1) is 0 Å². The van der Waals surface area contributed by atoms with Crippen molar-refractivity contribution in [1.29, 1.82) is 0 Å². The van der Waals surface area contributed by atoms with E-state index in [2.05, 4.69) is 306 Å². The number of rotatable bonds is 8. The Morgan fingerprint density at radius 2 is 0.617 bits per heavy atom. The Morgan fingerprint density at radius 3 is 1.14 bits per heavy atom. The molecule has 0 spiro atoms. The molecule has 0 N–H and O–H groups in total. The quantitative estimate of drug-likeness (QED) is 0.150. The van der Waals surface area contributed by atoms with Gasteiger partial charge in [-0.05, 0) is 186 Å². The first-order valence-corrected chi connectivity index (χ1v) is 28.9. The van der Waals surface area contributed by atoms with Crippen molar-refractivity contribution >= 4 is 55.9 Å². The lowest BCUT2D eigenvalue weighted by molar-refractivity contribution is 0.594. The molecule has 0 atom stereocenters. The van der Waals surface area contributed by atoms with E-state index in [0.717, 1.165) is 34.1 Å². The van der Waals surface area contributed by atoms with E-state index in [4.69, 9.17) is 0 Å². The molecule has 4 aliphatic rings. The van der Waals surface area contributed by atoms with Gasteiger partial charge in [-0.3, -0.25) is 0 Å². The summed E-state index contributed by atoms with van der Waals surface area (Å²) in [4.78, 5) is 4.83. The lowest BCUT2D eigenvalue weighted by atomic mass is 9.68. The molecule has 0 saturated heterocycles. The maximum atomic E-state index is 2.65. The van der Waals surface area contributed by atoms with Crippen molar-refractivity contribution in [1.82, 2.24) is 4.57 Å². The van der Waals surface area contributed by atoms with E-state index in [9.17, 15) is 0 Å². The SMILES string of the molecule is CC1(C)c2ccccc2-c2cc(N(c3ccccc3)c3ccc(-c4cc5c6c(c4)c4cc(-c7ccc(N(c8ccccc8)c8ccc9c(c8)C(C)(C)c8ccccc8-9)cc7)cc7c4n6-c4c(cccc4C7(C)C)C5(C)C)cc3)ccc21. The van der Waals surface area contributed by atoms with E-state index in [0.29, 0.717) is 0 Å². The lowest BCUT2D eigenvalue weighted by Gasteiger charge is -2.42. The highest BCUT2D eigenvalue weighted by atomic mass is 15.1. The number of aromatic nitrogens is 1. The number of hydrogen-bond acceptors (Lipinski definition) is 2. The fourth-order valence-electron chi connectivity index (χ4n) is 15.2. The molecule has 3 heterocycles. The highest BCUT2D eigenvalue weighted by molar-refractivity contribution is 6.16. The molecule has 16 rings (SSSR count). The van der Waals surface area contributed by atoms with Crippen LogP contribution in [-0.2, 0) is 21.7 Å². The number of hydrogen-bond donors (Lipinski definition) is 0. The molecular weight excluding hydrogens is 979 g/mol. The molecule has 0 bridgehead atoms. The van der Waals surface area contributed by atoms with Crippen LogP contribution in [0.1, 0.15) is 99.9 Å². The Hall–Kier alpha value is -9.18. The molecule has 0 radical (unpaired) electrons. The number of anilines is 6. The van der Waals surface area contributed by atoms with Crippen LogP contribution in [0.2, 0.25) is 0 Å². The minimum absolute atomic E-state index is 0.0559. The highest BCUT2D eigenvalue weighted by Crippen LogP contribution is 2.58. The van der Waals surface area contributed by atoms with Crippen molar-refractivity contribution in [3.8, 4) is 50.2 Å². The van der Waals surface area contributed by atoms with Gasteiger partial charge < -0.3 is 14.4 Å². The van der Waals surface area contributed by atoms with Gasteiger partial charge in [-0.25, -0.2) is 0 Å². The molecule has 81 heavy (non-hydrogen) atoms. The zero-order valence-corrected chi connectivity index (χ0v) is 47.4. The minimum atomic E-state index is -0.246. The fraction of sp³-hybridized carbons (Fsp3) is 0.154. The average Bonchev–Trinajstić information content (AvgIpc) is 1.83. The molecule has 11 aromatic carbocycles. The van der Waals surface area contributed by atoms with Crippen LogP contribution in [0.3, 0.4) is 0 Å². The molecule has 0 fully saturated rings. The Kier molecular flexibility index (Phi) is 9.85. The van der Waals surface area contributed by atoms with Crippen LogP contribution < -0.4 is 9.80 Å². The summed E-state index contributed by atoms with van der Waals surface area (Å²) in [6, 6.07) is 89.3. The fourth-order valence-corrected chi connectivity index (χ4v) is 15.2. The van der Waals surface area contributed by atoms with Crippen molar-refractivity contribution in [2.75, 3.05) is 9.80 Å². The number of para-hydroxylation sites is 3. The molecule has 12 aromatic rings. The second kappa shape index (κ2) is 16.7. The van der Waals surface area contributed by atoms with E-state index in [-0.39, 0.29) is 21.7 Å². The van der Waals surface area contributed by atoms with Crippen molar-refractivity contribution < 1.29 is 0 Å². The van der Waals surface area contributed by atoms with E-state index >= 15 is 0 Å². The lowest BCUT2D eigenvalue weighted by Crippen LogP contribution is -2.33. The monoisotopic (exact) mass is 1040 g/mol. The van der Waals surface area contributed by atoms with Gasteiger partial charge >= 0.3 is 0 Å². The van der Waals surface area contributed by atoms with Gasteiger partial charge in [0.05, 0.1) is 16.7 Å². The highest BCUT2D eigenvalue weighted by Gasteiger charge is 2.44. The molecule has 0 saturated carbocycles. The second-order valence-corrected chi connectivity index (χ2v) is 25.4. The molecule has 2 aliphatic heterocycles. The predicted octanol–water partition coefficient (Wildman–Crippen LogP) is 20.9. The number of nitrogens with zero attached hydrogens (tertiary/aromatic N) is 3. The summed E-state index contributed by atoms with van der Waals surface area (Å²) >= 11 is 0. The van der Waals surface area contributed by atoms with Crippen molar-refractivity contribution in [3.63, 3.8) is 0 Å². The first-order valence-electron chi connectivity index (χ1n) is 28.9. The maximum Gasteiger partial charge on any atom is 0.0582 e. The molecule has 3 nitrogen and oxygen atoms in total. The van der Waals surface area contributed by atoms with Gasteiger partial charge in [-0.1, -0.05) is 195 Å². The van der Waals surface area contributed by atoms with Gasteiger partial charge in [0.25, 0.3) is 0 Å². The van der Waals surface area contributed by atoms with Gasteiger partial charge in [0, 0.05) is 66.6 Å². The molecule has 0 unspecified atom stereocenters. The van der Waals surface area contributed by atoms with E-state index in [1.807, 2.05) is 0 Å². The Labute approximate surface area is 476 Å². The predicted molar refractivity (Wildman–Crippen MR) is 340 cm³/mol. The third-order valence-corrected chi connectivity index (χ3v) is 19.5. The minimum Gasteiger partial charge on any atom is -0.310 e. The van der Waals surface area contributed by atoms with Crippen LogP contribution >= 0.6 is 0 Å². The molecule has 2 aliphatic carbocycles. The van der Waals surface area contributed by atoms with Crippen LogP contribution in [-0.4, -0.2) is 4.57 Å². The Morgan fingerprint density at radius 1 is 0.247 bits per heavy atom. The Bertz CT molecular complexity index is 4610. The number of fused-ring (bicyclic) bond motifs is 7. The summed E-state index contributed by atoms with van der Waals surface area (Å²) in [5.41, 5.74) is 31.4. The smallest absolute Gasteiger partial charge is 0.0582 e. The maximum absolute atomic E-state index is 2.65. The summed E-state index contributed by atoms with van der Waals surface area (Å²) < 4.78 is 2.65. The van der Waals surface area contributed by atoms with Gasteiger partial charge in [0.15, 0.2) is 0 Å². The van der Waals surface area contributed by atoms with Crippen molar-refractivity contribution in [2.45, 2.75) is 77.0 Å². The van der Waals surface area contributed by atoms with E-state index in [1.165, 1.54) is 117 Å². The number of benzene rings is 11. The van der Waals surface area contributed by atoms with E-state index < -0.39 is 0 Å². The van der Waals surface area contributed by atoms with E-state index in [1.54, 1.807) is 0 Å². The molecular formula is C78H63N3. The van der Waals surface area contributed by atoms with Crippen LogP contribution in [0, 0.1) is 0 Å². The van der Waals surface area contributed by atoms with Gasteiger partial charge in [0.1, 0.15) is 0 Å². The van der Waals surface area contributed by atoms with Crippen LogP contribution in [0.25, 0.3) is 72.0 Å². The average molecular weight is 1040 g/mol. The largest absolute Gasteiger partial charge is 0.310 e. The van der Waals surface area contributed by atoms with Gasteiger partial charge in [0.2, 0.25) is 0 Å². The Balaban J connectivity index is 0.830. The van der Waals surface area contributed by atoms with Crippen molar-refractivity contribution in [2.24, 2.45) is 0 Å². The van der Waals surface area contributed by atoms with Crippen LogP contribution in [0.5, 0.6) is 0 Å². The molecule has 390 valence electrons. The summed E-state index contributed by atoms with van der Waals surface area (Å²) in [6.07, 6.45) is 0. The standard InChI is InChI=1S/C78H63N3/c1-75(2)65-27-18-16-25-59(65)61-46-56(39-41-66(61)75)79(52-20-11-9-12-21-52)54-34-30-48(31-35-54)50-42-62-63-43-51(45-71-73(63)81-72(62)70(44-50)77(5,6)67-28-19-29-68(74(67)81)78(71,7)8)49-32-36-55(37-33-49)80(53-22-13-10-14-23-53)57-38-40-60-58-24-15-17-26-64(58)76(3,4)69(60)47-57/h9-47H,1-8H3. The molecule has 0 amide bonds. The summed E-state index contributed by atoms with van der Waals surface area (Å²) in [5.74, 6) is 0. The zero-order valence-electron chi connectivity index (χ0n) is 47.4. The summed E-state index contributed by atoms with van der Waals surface area (Å²) in [5, 5.41) is 2.61. The normalized spacial score (nSPS) is 15.6. The third-order valence-electron chi connectivity index (χ3n) is 19.5. The van der Waals surface area contributed by atoms with Crippen LogP contribution in [0.15, 0.2) is 237 Å². The van der Waals surface area contributed by atoms with Crippen molar-refractivity contribution in [3.05, 3.63) is 281 Å². The first kappa shape index (κ1) is 47.8. The molecule has 1 aromatic heterocycles. The van der Waals surface area contributed by atoms with Gasteiger partial charge in [-0.2, -0.15) is 0 Å². The zero-order chi connectivity index (χ0) is 54.9. The molecule has 3 heteroatoms. The first-order chi connectivity index (χ1) is 39.2. The second-order valence-electron chi connectivity index (χ2n) is 25.4. The summed E-state index contributed by atoms with van der Waals surface area (Å²) in [7, 11) is 0. The topological polar surface area (TPSA) is 11.4 Å². The van der Waals surface area contributed by atoms with Crippen LogP contribution in [0.4, 0.5) is 34.1 Å². The third kappa shape index (κ3) is 6.64.